The van der Waals surface area contributed by atoms with Gasteiger partial charge in [0.25, 0.3) is 0 Å². The minimum Gasteiger partial charge on any atom is -0.342 e. The van der Waals surface area contributed by atoms with Gasteiger partial charge >= 0.3 is 0 Å². The molecule has 3 fully saturated rings. The summed E-state index contributed by atoms with van der Waals surface area (Å²) in [6.45, 7) is 6.63. The lowest BCUT2D eigenvalue weighted by atomic mass is 9.65. The van der Waals surface area contributed by atoms with Crippen molar-refractivity contribution in [3.8, 4) is 0 Å². The predicted molar refractivity (Wildman–Crippen MR) is 94.0 cm³/mol. The van der Waals surface area contributed by atoms with E-state index < -0.39 is 0 Å². The molecule has 0 N–H and O–H groups in total. The van der Waals surface area contributed by atoms with Gasteiger partial charge in [0.05, 0.1) is 5.41 Å². The first kappa shape index (κ1) is 15.7. The molecule has 4 atom stereocenters. The first-order valence-corrected chi connectivity index (χ1v) is 10.0. The molecule has 2 nitrogen and oxygen atoms in total. The normalized spacial score (nSPS) is 43.6. The fourth-order valence-corrected chi connectivity index (χ4v) is 6.15. The quantitative estimate of drug-likeness (QED) is 0.637. The van der Waals surface area contributed by atoms with Crippen molar-refractivity contribution < 1.29 is 4.79 Å². The van der Waals surface area contributed by atoms with E-state index in [1.165, 1.54) is 51.4 Å². The van der Waals surface area contributed by atoms with Crippen molar-refractivity contribution in [3.05, 3.63) is 11.6 Å². The maximum Gasteiger partial charge on any atom is 0.232 e. The first-order valence-electron chi connectivity index (χ1n) is 10.0. The van der Waals surface area contributed by atoms with Gasteiger partial charge in [-0.25, -0.2) is 0 Å². The Bertz CT molecular complexity index is 502. The van der Waals surface area contributed by atoms with Crippen molar-refractivity contribution >= 4 is 5.91 Å². The molecular weight excluding hydrogens is 282 g/mol. The SMILES string of the molecule is CC1CC2CC(=CC(C)(C(=O)N3CCC4CCCCC4C3)C1)C2. The van der Waals surface area contributed by atoms with Gasteiger partial charge in [0.1, 0.15) is 0 Å². The monoisotopic (exact) mass is 315 g/mol. The summed E-state index contributed by atoms with van der Waals surface area (Å²) in [4.78, 5) is 15.6. The minimum atomic E-state index is -0.234. The van der Waals surface area contributed by atoms with E-state index in [0.717, 1.165) is 37.3 Å². The molecular formula is C21H33NO. The van der Waals surface area contributed by atoms with Crippen LogP contribution >= 0.6 is 0 Å². The molecule has 4 unspecified atom stereocenters. The number of piperidine rings is 1. The summed E-state index contributed by atoms with van der Waals surface area (Å²) in [5.41, 5.74) is 1.33. The molecule has 0 radical (unpaired) electrons. The third-order valence-electron chi connectivity index (χ3n) is 7.20. The van der Waals surface area contributed by atoms with Crippen LogP contribution in [0.5, 0.6) is 0 Å². The van der Waals surface area contributed by atoms with E-state index >= 15 is 0 Å². The van der Waals surface area contributed by atoms with Gasteiger partial charge in [0.2, 0.25) is 5.91 Å². The van der Waals surface area contributed by atoms with E-state index in [2.05, 4.69) is 24.8 Å². The maximum absolute atomic E-state index is 13.4. The number of rotatable bonds is 1. The Balaban J connectivity index is 1.50. The van der Waals surface area contributed by atoms with E-state index in [4.69, 9.17) is 0 Å². The minimum absolute atomic E-state index is 0.234. The predicted octanol–water partition coefficient (Wildman–Crippen LogP) is 4.80. The molecule has 5 aliphatic rings. The van der Waals surface area contributed by atoms with Crippen LogP contribution in [0.15, 0.2) is 11.6 Å². The van der Waals surface area contributed by atoms with E-state index in [0.29, 0.717) is 11.8 Å². The van der Waals surface area contributed by atoms with Crippen molar-refractivity contribution in [1.29, 1.82) is 0 Å². The Hall–Kier alpha value is -0.790. The van der Waals surface area contributed by atoms with Gasteiger partial charge in [0, 0.05) is 13.1 Å². The highest BCUT2D eigenvalue weighted by atomic mass is 16.2. The lowest BCUT2D eigenvalue weighted by Crippen LogP contribution is -2.50. The molecule has 4 aliphatic carbocycles. The molecule has 0 spiro atoms. The number of fused-ring (bicyclic) bond motifs is 5. The summed E-state index contributed by atoms with van der Waals surface area (Å²) in [6, 6.07) is 0. The van der Waals surface area contributed by atoms with Crippen LogP contribution in [0.1, 0.15) is 71.6 Å². The molecule has 5 rings (SSSR count). The number of nitrogens with zero attached hydrogens (tertiary/aromatic N) is 1. The summed E-state index contributed by atoms with van der Waals surface area (Å²) >= 11 is 0. The van der Waals surface area contributed by atoms with Gasteiger partial charge in [-0.15, -0.1) is 0 Å². The largest absolute Gasteiger partial charge is 0.342 e. The molecule has 2 heteroatoms. The number of carbonyl (C=O) groups excluding carboxylic acids is 1. The first-order chi connectivity index (χ1) is 11.0. The van der Waals surface area contributed by atoms with Crippen LogP contribution in [0.2, 0.25) is 0 Å². The molecule has 1 amide bonds. The summed E-state index contributed by atoms with van der Waals surface area (Å²) in [5.74, 6) is 3.72. The Morgan fingerprint density at radius 1 is 1.17 bits per heavy atom. The van der Waals surface area contributed by atoms with E-state index in [1.54, 1.807) is 5.57 Å². The molecule has 128 valence electrons. The number of hydrogen-bond donors (Lipinski definition) is 0. The molecule has 1 heterocycles. The second kappa shape index (κ2) is 5.93. The van der Waals surface area contributed by atoms with Crippen LogP contribution in [0.4, 0.5) is 0 Å². The van der Waals surface area contributed by atoms with Crippen molar-refractivity contribution in [2.45, 2.75) is 71.6 Å². The number of allylic oxidation sites excluding steroid dienone is 1. The van der Waals surface area contributed by atoms with Gasteiger partial charge in [0.15, 0.2) is 0 Å². The number of hydrogen-bond acceptors (Lipinski definition) is 1. The second-order valence-electron chi connectivity index (χ2n) is 9.38. The van der Waals surface area contributed by atoms with E-state index in [9.17, 15) is 4.79 Å². The van der Waals surface area contributed by atoms with Crippen molar-refractivity contribution in [2.24, 2.45) is 29.1 Å². The molecule has 2 bridgehead atoms. The maximum atomic E-state index is 13.4. The lowest BCUT2D eigenvalue weighted by molar-refractivity contribution is -0.143. The van der Waals surface area contributed by atoms with Gasteiger partial charge in [-0.3, -0.25) is 4.79 Å². The van der Waals surface area contributed by atoms with Gasteiger partial charge in [-0.2, -0.15) is 0 Å². The molecule has 0 aromatic carbocycles. The second-order valence-corrected chi connectivity index (χ2v) is 9.38. The third-order valence-corrected chi connectivity index (χ3v) is 7.20. The molecule has 0 aromatic rings. The summed E-state index contributed by atoms with van der Waals surface area (Å²) in [6.07, 6.45) is 14.1. The standard InChI is InChI=1S/C21H33NO/c1-15-9-16-10-17(11-16)13-21(2,12-15)20(23)22-8-7-18-5-3-4-6-19(18)14-22/h13,15-16,18-19H,3-12,14H2,1-2H3. The fourth-order valence-electron chi connectivity index (χ4n) is 6.15. The van der Waals surface area contributed by atoms with Crippen molar-refractivity contribution in [2.75, 3.05) is 13.1 Å². The average molecular weight is 316 g/mol. The Kier molecular flexibility index (Phi) is 4.06. The fraction of sp³-hybridized carbons (Fsp3) is 0.857. The Morgan fingerprint density at radius 2 is 1.91 bits per heavy atom. The van der Waals surface area contributed by atoms with E-state index in [-0.39, 0.29) is 5.41 Å². The summed E-state index contributed by atoms with van der Waals surface area (Å²) < 4.78 is 0. The summed E-state index contributed by atoms with van der Waals surface area (Å²) in [5, 5.41) is 0. The van der Waals surface area contributed by atoms with Crippen LogP contribution in [-0.2, 0) is 4.79 Å². The molecule has 1 aliphatic heterocycles. The highest BCUT2D eigenvalue weighted by Crippen LogP contribution is 2.47. The highest BCUT2D eigenvalue weighted by Gasteiger charge is 2.43. The highest BCUT2D eigenvalue weighted by molar-refractivity contribution is 5.84. The van der Waals surface area contributed by atoms with Crippen LogP contribution in [0.25, 0.3) is 0 Å². The van der Waals surface area contributed by atoms with Gasteiger partial charge in [-0.1, -0.05) is 37.8 Å². The van der Waals surface area contributed by atoms with E-state index in [1.807, 2.05) is 0 Å². The van der Waals surface area contributed by atoms with Crippen LogP contribution < -0.4 is 0 Å². The van der Waals surface area contributed by atoms with Crippen LogP contribution in [-0.4, -0.2) is 23.9 Å². The zero-order valence-corrected chi connectivity index (χ0v) is 15.0. The Labute approximate surface area is 141 Å². The Morgan fingerprint density at radius 3 is 2.70 bits per heavy atom. The molecule has 1 saturated heterocycles. The number of carbonyl (C=O) groups is 1. The van der Waals surface area contributed by atoms with Gasteiger partial charge in [-0.05, 0) is 69.1 Å². The topological polar surface area (TPSA) is 20.3 Å². The lowest BCUT2D eigenvalue weighted by Gasteiger charge is -2.46. The van der Waals surface area contributed by atoms with Crippen LogP contribution in [0, 0.1) is 29.1 Å². The number of amides is 1. The zero-order valence-electron chi connectivity index (χ0n) is 15.0. The smallest absolute Gasteiger partial charge is 0.232 e. The molecule has 2 saturated carbocycles. The average Bonchev–Trinajstić information content (AvgIpc) is 2.49. The zero-order chi connectivity index (χ0) is 16.0. The molecule has 0 aromatic heterocycles. The van der Waals surface area contributed by atoms with Gasteiger partial charge < -0.3 is 4.90 Å². The van der Waals surface area contributed by atoms with Crippen molar-refractivity contribution in [3.63, 3.8) is 0 Å². The molecule has 23 heavy (non-hydrogen) atoms. The van der Waals surface area contributed by atoms with Crippen LogP contribution in [0.3, 0.4) is 0 Å². The number of likely N-dealkylation sites (tertiary alicyclic amines) is 1. The summed E-state index contributed by atoms with van der Waals surface area (Å²) in [7, 11) is 0. The third kappa shape index (κ3) is 2.98. The van der Waals surface area contributed by atoms with Crippen molar-refractivity contribution in [1.82, 2.24) is 4.90 Å².